The molecule has 0 bridgehead atoms. The first-order valence-corrected chi connectivity index (χ1v) is 6.16. The van der Waals surface area contributed by atoms with Gasteiger partial charge in [0.05, 0.1) is 17.4 Å². The van der Waals surface area contributed by atoms with Crippen molar-refractivity contribution in [1.82, 2.24) is 4.90 Å². The van der Waals surface area contributed by atoms with Crippen LogP contribution in [-0.2, 0) is 4.74 Å². The predicted octanol–water partition coefficient (Wildman–Crippen LogP) is 1.34. The van der Waals surface area contributed by atoms with Gasteiger partial charge >= 0.3 is 12.0 Å². The summed E-state index contributed by atoms with van der Waals surface area (Å²) >= 11 is 0. The molecule has 20 heavy (non-hydrogen) atoms. The molecule has 1 aromatic carbocycles. The highest BCUT2D eigenvalue weighted by molar-refractivity contribution is 5.93. The third-order valence-electron chi connectivity index (χ3n) is 3.25. The number of benzene rings is 1. The molecule has 1 aliphatic rings. The van der Waals surface area contributed by atoms with Crippen molar-refractivity contribution in [2.75, 3.05) is 25.5 Å². The van der Waals surface area contributed by atoms with Crippen LogP contribution >= 0.6 is 0 Å². The molecule has 1 saturated heterocycles. The highest BCUT2D eigenvalue weighted by Gasteiger charge is 2.26. The number of aromatic hydroxyl groups is 1. The van der Waals surface area contributed by atoms with Crippen molar-refractivity contribution in [2.45, 2.75) is 12.5 Å². The minimum absolute atomic E-state index is 0.0312. The zero-order valence-electron chi connectivity index (χ0n) is 11.0. The number of phenolic OH excluding ortho intramolecular Hbond substituents is 1. The normalized spacial score (nSPS) is 18.1. The Morgan fingerprint density at radius 2 is 2.20 bits per heavy atom. The predicted molar refractivity (Wildman–Crippen MR) is 71.1 cm³/mol. The molecule has 2 amide bonds. The van der Waals surface area contributed by atoms with Crippen molar-refractivity contribution < 1.29 is 24.5 Å². The lowest BCUT2D eigenvalue weighted by atomic mass is 10.2. The van der Waals surface area contributed by atoms with Crippen LogP contribution in [0.5, 0.6) is 5.75 Å². The molecule has 7 heteroatoms. The van der Waals surface area contributed by atoms with Crippen molar-refractivity contribution in [3.63, 3.8) is 0 Å². The van der Waals surface area contributed by atoms with Crippen LogP contribution in [0.3, 0.4) is 0 Å². The van der Waals surface area contributed by atoms with Gasteiger partial charge in [0.2, 0.25) is 0 Å². The summed E-state index contributed by atoms with van der Waals surface area (Å²) in [5.74, 6) is -1.42. The summed E-state index contributed by atoms with van der Waals surface area (Å²) in [6, 6.07) is 3.43. The zero-order chi connectivity index (χ0) is 14.7. The Kier molecular flexibility index (Phi) is 4.09. The maximum Gasteiger partial charge on any atom is 0.335 e. The molecule has 1 heterocycles. The molecule has 0 spiro atoms. The van der Waals surface area contributed by atoms with Crippen molar-refractivity contribution >= 4 is 17.7 Å². The van der Waals surface area contributed by atoms with Crippen LogP contribution in [0.1, 0.15) is 16.8 Å². The van der Waals surface area contributed by atoms with E-state index < -0.39 is 5.97 Å². The smallest absolute Gasteiger partial charge is 0.335 e. The number of phenols is 1. The van der Waals surface area contributed by atoms with Gasteiger partial charge in [0.1, 0.15) is 5.75 Å². The summed E-state index contributed by atoms with van der Waals surface area (Å²) in [5, 5.41) is 21.1. The van der Waals surface area contributed by atoms with E-state index in [1.165, 1.54) is 12.1 Å². The average Bonchev–Trinajstić information content (AvgIpc) is 2.89. The molecule has 7 nitrogen and oxygen atoms in total. The summed E-state index contributed by atoms with van der Waals surface area (Å²) in [4.78, 5) is 24.3. The lowest BCUT2D eigenvalue weighted by Crippen LogP contribution is -2.33. The number of methoxy groups -OCH3 is 1. The number of carboxylic acid groups (broad SMARTS) is 1. The standard InChI is InChI=1S/C13H16N2O5/c1-20-9-4-5-15(7-9)13(19)14-10-3-2-8(12(17)18)6-11(10)16/h2-3,6,9,16H,4-5,7H2,1H3,(H,14,19)(H,17,18). The molecular weight excluding hydrogens is 264 g/mol. The van der Waals surface area contributed by atoms with Gasteiger partial charge in [-0.05, 0) is 24.6 Å². The Labute approximate surface area is 115 Å². The van der Waals surface area contributed by atoms with E-state index in [9.17, 15) is 14.7 Å². The Balaban J connectivity index is 2.03. The largest absolute Gasteiger partial charge is 0.506 e. The minimum atomic E-state index is -1.14. The van der Waals surface area contributed by atoms with Crippen LogP contribution in [0.25, 0.3) is 0 Å². The number of urea groups is 1. The molecule has 1 unspecified atom stereocenters. The molecule has 1 aromatic rings. The number of ether oxygens (including phenoxy) is 1. The molecule has 1 fully saturated rings. The molecule has 0 radical (unpaired) electrons. The minimum Gasteiger partial charge on any atom is -0.506 e. The van der Waals surface area contributed by atoms with Crippen LogP contribution < -0.4 is 5.32 Å². The van der Waals surface area contributed by atoms with Crippen LogP contribution in [0.2, 0.25) is 0 Å². The van der Waals surface area contributed by atoms with Gasteiger partial charge in [0.25, 0.3) is 0 Å². The van der Waals surface area contributed by atoms with Crippen LogP contribution in [0.4, 0.5) is 10.5 Å². The number of amides is 2. The highest BCUT2D eigenvalue weighted by Crippen LogP contribution is 2.25. The van der Waals surface area contributed by atoms with Gasteiger partial charge in [-0.3, -0.25) is 0 Å². The van der Waals surface area contributed by atoms with Crippen LogP contribution in [0, 0.1) is 0 Å². The first kappa shape index (κ1) is 14.1. The van der Waals surface area contributed by atoms with E-state index in [0.717, 1.165) is 12.5 Å². The lowest BCUT2D eigenvalue weighted by molar-refractivity contribution is 0.0696. The number of carbonyl (C=O) groups excluding carboxylic acids is 1. The first-order valence-electron chi connectivity index (χ1n) is 6.16. The second-order valence-corrected chi connectivity index (χ2v) is 4.56. The van der Waals surface area contributed by atoms with E-state index in [1.807, 2.05) is 0 Å². The number of nitrogens with zero attached hydrogens (tertiary/aromatic N) is 1. The molecule has 3 N–H and O–H groups in total. The molecule has 0 saturated carbocycles. The quantitative estimate of drug-likeness (QED) is 0.726. The second-order valence-electron chi connectivity index (χ2n) is 4.56. The first-order chi connectivity index (χ1) is 9.51. The van der Waals surface area contributed by atoms with Gasteiger partial charge in [-0.15, -0.1) is 0 Å². The molecule has 1 aliphatic heterocycles. The van der Waals surface area contributed by atoms with Gasteiger partial charge in [0, 0.05) is 20.2 Å². The third-order valence-corrected chi connectivity index (χ3v) is 3.25. The Hall–Kier alpha value is -2.28. The van der Waals surface area contributed by atoms with Crippen molar-refractivity contribution in [3.05, 3.63) is 23.8 Å². The molecule has 108 valence electrons. The van der Waals surface area contributed by atoms with Gasteiger partial charge in [-0.1, -0.05) is 0 Å². The Morgan fingerprint density at radius 3 is 2.75 bits per heavy atom. The van der Waals surface area contributed by atoms with E-state index >= 15 is 0 Å². The number of carbonyl (C=O) groups is 2. The maximum atomic E-state index is 12.0. The molecule has 1 atom stereocenters. The number of carboxylic acids is 1. The fourth-order valence-electron chi connectivity index (χ4n) is 2.07. The van der Waals surface area contributed by atoms with Crippen LogP contribution in [0.15, 0.2) is 18.2 Å². The second kappa shape index (κ2) is 5.79. The molecule has 0 aromatic heterocycles. The number of rotatable bonds is 3. The Bertz CT molecular complexity index is 531. The fraction of sp³-hybridized carbons (Fsp3) is 0.385. The van der Waals surface area contributed by atoms with Crippen molar-refractivity contribution in [3.8, 4) is 5.75 Å². The summed E-state index contributed by atoms with van der Waals surface area (Å²) in [5.41, 5.74) is 0.141. The number of hydrogen-bond acceptors (Lipinski definition) is 4. The monoisotopic (exact) mass is 280 g/mol. The van der Waals surface area contributed by atoms with E-state index in [1.54, 1.807) is 12.0 Å². The molecule has 2 rings (SSSR count). The van der Waals surface area contributed by atoms with Gasteiger partial charge < -0.3 is 25.2 Å². The van der Waals surface area contributed by atoms with Crippen molar-refractivity contribution in [2.24, 2.45) is 0 Å². The third kappa shape index (κ3) is 3.00. The van der Waals surface area contributed by atoms with E-state index in [0.29, 0.717) is 13.1 Å². The topological polar surface area (TPSA) is 99.1 Å². The van der Waals surface area contributed by atoms with E-state index in [2.05, 4.69) is 5.32 Å². The summed E-state index contributed by atoms with van der Waals surface area (Å²) in [6.45, 7) is 1.08. The number of hydrogen-bond donors (Lipinski definition) is 3. The SMILES string of the molecule is COC1CCN(C(=O)Nc2ccc(C(=O)O)cc2O)C1. The van der Waals surface area contributed by atoms with E-state index in [4.69, 9.17) is 9.84 Å². The molecular formula is C13H16N2O5. The van der Waals surface area contributed by atoms with E-state index in [-0.39, 0.29) is 29.1 Å². The van der Waals surface area contributed by atoms with Gasteiger partial charge in [-0.25, -0.2) is 9.59 Å². The highest BCUT2D eigenvalue weighted by atomic mass is 16.5. The maximum absolute atomic E-state index is 12.0. The fourth-order valence-corrected chi connectivity index (χ4v) is 2.07. The average molecular weight is 280 g/mol. The number of nitrogens with one attached hydrogen (secondary N) is 1. The van der Waals surface area contributed by atoms with Crippen molar-refractivity contribution in [1.29, 1.82) is 0 Å². The number of likely N-dealkylation sites (tertiary alicyclic amines) is 1. The Morgan fingerprint density at radius 1 is 1.45 bits per heavy atom. The lowest BCUT2D eigenvalue weighted by Gasteiger charge is -2.17. The van der Waals surface area contributed by atoms with Gasteiger partial charge in [0.15, 0.2) is 0 Å². The molecule has 0 aliphatic carbocycles. The number of aromatic carboxylic acids is 1. The summed E-state index contributed by atoms with van der Waals surface area (Å²) in [6.07, 6.45) is 0.803. The summed E-state index contributed by atoms with van der Waals surface area (Å²) in [7, 11) is 1.60. The van der Waals surface area contributed by atoms with Gasteiger partial charge in [-0.2, -0.15) is 0 Å². The number of anilines is 1. The zero-order valence-corrected chi connectivity index (χ0v) is 11.0. The summed E-state index contributed by atoms with van der Waals surface area (Å²) < 4.78 is 5.17. The van der Waals surface area contributed by atoms with Crippen LogP contribution in [-0.4, -0.2) is 53.4 Å².